The molecule has 0 saturated heterocycles. The van der Waals surface area contributed by atoms with Crippen molar-refractivity contribution in [3.05, 3.63) is 18.3 Å². The third kappa shape index (κ3) is 4.96. The molecule has 1 amide bonds. The molecule has 0 aliphatic rings. The number of pyridine rings is 1. The first-order valence-electron chi connectivity index (χ1n) is 6.07. The third-order valence-electron chi connectivity index (χ3n) is 2.59. The highest BCUT2D eigenvalue weighted by molar-refractivity contribution is 7.90. The first-order valence-corrected chi connectivity index (χ1v) is 7.96. The first-order chi connectivity index (χ1) is 8.84. The van der Waals surface area contributed by atoms with Crippen LogP contribution in [0.5, 0.6) is 0 Å². The number of hydrogen-bond donors (Lipinski definition) is 2. The average Bonchev–Trinajstić information content (AvgIpc) is 2.35. The molecule has 0 aliphatic carbocycles. The van der Waals surface area contributed by atoms with E-state index < -0.39 is 15.9 Å². The van der Waals surface area contributed by atoms with Gasteiger partial charge < -0.3 is 11.1 Å². The number of nitrogens with one attached hydrogen (secondary N) is 1. The number of rotatable bonds is 6. The lowest BCUT2D eigenvalue weighted by molar-refractivity contribution is -0.117. The van der Waals surface area contributed by atoms with Gasteiger partial charge in [0.05, 0.1) is 17.9 Å². The molecule has 106 valence electrons. The maximum absolute atomic E-state index is 11.7. The molecular weight excluding hydrogens is 266 g/mol. The van der Waals surface area contributed by atoms with Gasteiger partial charge in [-0.3, -0.25) is 4.79 Å². The third-order valence-corrected chi connectivity index (χ3v) is 3.59. The van der Waals surface area contributed by atoms with E-state index in [0.29, 0.717) is 12.1 Å². The predicted molar refractivity (Wildman–Crippen MR) is 73.5 cm³/mol. The Labute approximate surface area is 113 Å². The van der Waals surface area contributed by atoms with Crippen molar-refractivity contribution in [1.29, 1.82) is 0 Å². The number of carbonyl (C=O) groups excluding carboxylic acids is 1. The summed E-state index contributed by atoms with van der Waals surface area (Å²) in [5, 5.41) is 2.58. The Hall–Kier alpha value is -1.47. The number of anilines is 1. The molecule has 3 N–H and O–H groups in total. The second-order valence-corrected chi connectivity index (χ2v) is 6.36. The number of nitrogens with two attached hydrogens (primary N) is 1. The molecule has 0 saturated carbocycles. The zero-order valence-corrected chi connectivity index (χ0v) is 11.9. The Kier molecular flexibility index (Phi) is 5.44. The Morgan fingerprint density at radius 2 is 2.16 bits per heavy atom. The zero-order valence-electron chi connectivity index (χ0n) is 11.1. The van der Waals surface area contributed by atoms with Crippen molar-refractivity contribution in [1.82, 2.24) is 4.98 Å². The molecule has 0 fully saturated rings. The summed E-state index contributed by atoms with van der Waals surface area (Å²) in [6.07, 6.45) is 4.87. The van der Waals surface area contributed by atoms with Crippen molar-refractivity contribution in [2.45, 2.75) is 37.3 Å². The molecule has 7 heteroatoms. The van der Waals surface area contributed by atoms with E-state index in [-0.39, 0.29) is 10.9 Å². The molecule has 19 heavy (non-hydrogen) atoms. The maximum atomic E-state index is 11.7. The van der Waals surface area contributed by atoms with Gasteiger partial charge in [0.1, 0.15) is 0 Å². The highest BCUT2D eigenvalue weighted by Gasteiger charge is 2.14. The fourth-order valence-corrected chi connectivity index (χ4v) is 2.02. The molecule has 6 nitrogen and oxygen atoms in total. The van der Waals surface area contributed by atoms with E-state index in [1.807, 2.05) is 6.92 Å². The van der Waals surface area contributed by atoms with Crippen LogP contribution in [-0.2, 0) is 14.6 Å². The fraction of sp³-hybridized carbons (Fsp3) is 0.500. The Morgan fingerprint density at radius 1 is 1.47 bits per heavy atom. The average molecular weight is 285 g/mol. The summed E-state index contributed by atoms with van der Waals surface area (Å²) in [7, 11) is -3.32. The molecule has 1 atom stereocenters. The van der Waals surface area contributed by atoms with Gasteiger partial charge in [0.15, 0.2) is 14.9 Å². The number of carbonyl (C=O) groups is 1. The van der Waals surface area contributed by atoms with Crippen molar-refractivity contribution in [3.8, 4) is 0 Å². The second-order valence-electron chi connectivity index (χ2n) is 4.40. The van der Waals surface area contributed by atoms with E-state index in [4.69, 9.17) is 5.73 Å². The van der Waals surface area contributed by atoms with Crippen molar-refractivity contribution >= 4 is 21.4 Å². The minimum absolute atomic E-state index is 0.0271. The Balaban J connectivity index is 2.65. The van der Waals surface area contributed by atoms with E-state index in [1.165, 1.54) is 18.3 Å². The summed E-state index contributed by atoms with van der Waals surface area (Å²) in [6.45, 7) is 2.03. The molecule has 1 aromatic rings. The van der Waals surface area contributed by atoms with Crippen LogP contribution in [0.25, 0.3) is 0 Å². The minimum atomic E-state index is -3.32. The van der Waals surface area contributed by atoms with Gasteiger partial charge in [0, 0.05) is 6.26 Å². The summed E-state index contributed by atoms with van der Waals surface area (Å²) in [5.41, 5.74) is 6.16. The molecule has 0 radical (unpaired) electrons. The van der Waals surface area contributed by atoms with E-state index >= 15 is 0 Å². The van der Waals surface area contributed by atoms with Gasteiger partial charge in [-0.2, -0.15) is 0 Å². The number of unbranched alkanes of at least 4 members (excludes halogenated alkanes) is 1. The van der Waals surface area contributed by atoms with E-state index in [1.54, 1.807) is 0 Å². The van der Waals surface area contributed by atoms with Gasteiger partial charge in [-0.15, -0.1) is 0 Å². The van der Waals surface area contributed by atoms with Gasteiger partial charge in [-0.1, -0.05) is 19.8 Å². The molecule has 1 heterocycles. The summed E-state index contributed by atoms with van der Waals surface area (Å²) in [4.78, 5) is 15.5. The van der Waals surface area contributed by atoms with Crippen LogP contribution in [0.1, 0.15) is 26.2 Å². The smallest absolute Gasteiger partial charge is 0.241 e. The first kappa shape index (κ1) is 15.6. The van der Waals surface area contributed by atoms with Crippen LogP contribution in [-0.4, -0.2) is 31.6 Å². The predicted octanol–water partition coefficient (Wildman–Crippen LogP) is 0.941. The summed E-state index contributed by atoms with van der Waals surface area (Å²) >= 11 is 0. The number of hydrogen-bond acceptors (Lipinski definition) is 5. The summed E-state index contributed by atoms with van der Waals surface area (Å²) in [5.74, 6) is -0.289. The number of amides is 1. The SMILES string of the molecule is CCCC[C@H](N)C(=O)Nc1ccc(S(C)(=O)=O)nc1. The van der Waals surface area contributed by atoms with Crippen molar-refractivity contribution in [3.63, 3.8) is 0 Å². The van der Waals surface area contributed by atoms with Crippen LogP contribution < -0.4 is 11.1 Å². The normalized spacial score (nSPS) is 13.0. The molecule has 0 unspecified atom stereocenters. The van der Waals surface area contributed by atoms with Crippen molar-refractivity contribution in [2.75, 3.05) is 11.6 Å². The van der Waals surface area contributed by atoms with Crippen LogP contribution in [0.3, 0.4) is 0 Å². The van der Waals surface area contributed by atoms with Gasteiger partial charge >= 0.3 is 0 Å². The molecule has 0 bridgehead atoms. The summed E-state index contributed by atoms with van der Waals surface area (Å²) < 4.78 is 22.4. The quantitative estimate of drug-likeness (QED) is 0.810. The number of aromatic nitrogens is 1. The maximum Gasteiger partial charge on any atom is 0.241 e. The molecular formula is C12H19N3O3S. The second kappa shape index (κ2) is 6.63. The van der Waals surface area contributed by atoms with Crippen LogP contribution in [0, 0.1) is 0 Å². The lowest BCUT2D eigenvalue weighted by atomic mass is 10.1. The van der Waals surface area contributed by atoms with Crippen molar-refractivity contribution < 1.29 is 13.2 Å². The zero-order chi connectivity index (χ0) is 14.5. The molecule has 0 aliphatic heterocycles. The van der Waals surface area contributed by atoms with Crippen LogP contribution in [0.2, 0.25) is 0 Å². The van der Waals surface area contributed by atoms with E-state index in [0.717, 1.165) is 19.1 Å². The Bertz CT molecular complexity index is 526. The van der Waals surface area contributed by atoms with Crippen LogP contribution in [0.15, 0.2) is 23.4 Å². The molecule has 1 rings (SSSR count). The fourth-order valence-electron chi connectivity index (χ4n) is 1.46. The topological polar surface area (TPSA) is 102 Å². The lowest BCUT2D eigenvalue weighted by Crippen LogP contribution is -2.35. The van der Waals surface area contributed by atoms with Crippen LogP contribution in [0.4, 0.5) is 5.69 Å². The standard InChI is InChI=1S/C12H19N3O3S/c1-3-4-5-10(13)12(16)15-9-6-7-11(14-8-9)19(2,17)18/h6-8,10H,3-5,13H2,1-2H3,(H,15,16)/t10-/m0/s1. The molecule has 0 spiro atoms. The van der Waals surface area contributed by atoms with E-state index in [2.05, 4.69) is 10.3 Å². The highest BCUT2D eigenvalue weighted by atomic mass is 32.2. The Morgan fingerprint density at radius 3 is 2.63 bits per heavy atom. The van der Waals surface area contributed by atoms with E-state index in [9.17, 15) is 13.2 Å². The van der Waals surface area contributed by atoms with Gasteiger partial charge in [0.2, 0.25) is 5.91 Å². The highest BCUT2D eigenvalue weighted by Crippen LogP contribution is 2.11. The monoisotopic (exact) mass is 285 g/mol. The summed E-state index contributed by atoms with van der Waals surface area (Å²) in [6, 6.07) is 2.28. The van der Waals surface area contributed by atoms with Gasteiger partial charge in [-0.05, 0) is 18.6 Å². The van der Waals surface area contributed by atoms with Crippen molar-refractivity contribution in [2.24, 2.45) is 5.73 Å². The largest absolute Gasteiger partial charge is 0.323 e. The van der Waals surface area contributed by atoms with Crippen LogP contribution >= 0.6 is 0 Å². The van der Waals surface area contributed by atoms with Gasteiger partial charge in [-0.25, -0.2) is 13.4 Å². The molecule has 0 aromatic carbocycles. The number of sulfone groups is 1. The lowest BCUT2D eigenvalue weighted by Gasteiger charge is -2.11. The minimum Gasteiger partial charge on any atom is -0.323 e. The molecule has 1 aromatic heterocycles. The van der Waals surface area contributed by atoms with Gasteiger partial charge in [0.25, 0.3) is 0 Å². The number of nitrogens with zero attached hydrogens (tertiary/aromatic N) is 1.